The molecule has 0 nitrogen and oxygen atoms in total. The molecule has 0 aliphatic heterocycles. The third-order valence-electron chi connectivity index (χ3n) is 1.50. The first kappa shape index (κ1) is 6.90. The van der Waals surface area contributed by atoms with Crippen molar-refractivity contribution < 1.29 is 0 Å². The van der Waals surface area contributed by atoms with Crippen LogP contribution >= 0.6 is 0 Å². The van der Waals surface area contributed by atoms with Crippen LogP contribution in [0, 0.1) is 6.07 Å². The topological polar surface area (TPSA) is 0 Å². The first-order valence-electron chi connectivity index (χ1n) is 3.47. The Labute approximate surface area is 72.2 Å². The standard InChI is InChI=1S/C10H7Se/c1-2-5-9(6-3-1)10-7-4-8-11-10/h1-6,8H. The summed E-state index contributed by atoms with van der Waals surface area (Å²) in [5.41, 5.74) is 1.32. The number of rotatable bonds is 1. The third-order valence-corrected chi connectivity index (χ3v) is 3.31. The van der Waals surface area contributed by atoms with E-state index in [1.807, 2.05) is 12.1 Å². The monoisotopic (exact) mass is 207 g/mol. The van der Waals surface area contributed by atoms with Gasteiger partial charge < -0.3 is 0 Å². The van der Waals surface area contributed by atoms with E-state index in [0.29, 0.717) is 14.5 Å². The van der Waals surface area contributed by atoms with Crippen LogP contribution in [0.15, 0.2) is 41.3 Å². The van der Waals surface area contributed by atoms with Crippen LogP contribution in [-0.2, 0) is 0 Å². The van der Waals surface area contributed by atoms with Gasteiger partial charge in [-0.15, -0.1) is 0 Å². The van der Waals surface area contributed by atoms with Crippen LogP contribution < -0.4 is 0 Å². The van der Waals surface area contributed by atoms with Crippen molar-refractivity contribution in [1.82, 2.24) is 0 Å². The predicted octanol–water partition coefficient (Wildman–Crippen LogP) is 2.21. The Morgan fingerprint density at radius 1 is 1.09 bits per heavy atom. The van der Waals surface area contributed by atoms with E-state index in [1.165, 1.54) is 10.0 Å². The summed E-state index contributed by atoms with van der Waals surface area (Å²) in [7, 11) is 0. The average Bonchev–Trinajstić information content (AvgIpc) is 2.58. The fourth-order valence-electron chi connectivity index (χ4n) is 0.987. The van der Waals surface area contributed by atoms with Crippen molar-refractivity contribution in [3.05, 3.63) is 47.4 Å². The van der Waals surface area contributed by atoms with Gasteiger partial charge in [-0.1, -0.05) is 0 Å². The van der Waals surface area contributed by atoms with E-state index < -0.39 is 0 Å². The van der Waals surface area contributed by atoms with Gasteiger partial charge in [-0.05, 0) is 0 Å². The van der Waals surface area contributed by atoms with E-state index in [9.17, 15) is 0 Å². The summed E-state index contributed by atoms with van der Waals surface area (Å²) < 4.78 is 1.36. The van der Waals surface area contributed by atoms with Gasteiger partial charge in [0, 0.05) is 0 Å². The maximum atomic E-state index is 3.24. The molecule has 1 radical (unpaired) electrons. The summed E-state index contributed by atoms with van der Waals surface area (Å²) in [4.78, 5) is 2.19. The molecule has 0 unspecified atom stereocenters. The fraction of sp³-hybridized carbons (Fsp3) is 0. The SMILES string of the molecule is [c]1cc[se]c1-c1ccccc1. The molecular weight excluding hydrogens is 199 g/mol. The van der Waals surface area contributed by atoms with Gasteiger partial charge in [0.25, 0.3) is 0 Å². The zero-order valence-electron chi connectivity index (χ0n) is 5.95. The molecule has 2 rings (SSSR count). The van der Waals surface area contributed by atoms with Crippen LogP contribution in [0.25, 0.3) is 10.0 Å². The van der Waals surface area contributed by atoms with Gasteiger partial charge in [-0.3, -0.25) is 0 Å². The predicted molar refractivity (Wildman–Crippen MR) is 47.7 cm³/mol. The molecule has 0 amide bonds. The Bertz CT molecular complexity index is 308. The van der Waals surface area contributed by atoms with Crippen molar-refractivity contribution in [2.75, 3.05) is 0 Å². The zero-order chi connectivity index (χ0) is 7.52. The van der Waals surface area contributed by atoms with Crippen LogP contribution in [-0.4, -0.2) is 14.5 Å². The Hall–Kier alpha value is -0.781. The molecule has 1 aromatic heterocycles. The van der Waals surface area contributed by atoms with Gasteiger partial charge in [-0.25, -0.2) is 0 Å². The molecule has 0 saturated heterocycles. The van der Waals surface area contributed by atoms with Crippen molar-refractivity contribution in [3.63, 3.8) is 0 Å². The Morgan fingerprint density at radius 2 is 1.91 bits per heavy atom. The summed E-state index contributed by atoms with van der Waals surface area (Å²) >= 11 is 0.515. The summed E-state index contributed by atoms with van der Waals surface area (Å²) in [6.45, 7) is 0. The minimum absolute atomic E-state index is 0.515. The molecule has 0 saturated carbocycles. The molecule has 1 heteroatoms. The number of benzene rings is 1. The first-order valence-corrected chi connectivity index (χ1v) is 5.32. The second kappa shape index (κ2) is 3.08. The molecule has 0 atom stereocenters. The average molecular weight is 206 g/mol. The summed E-state index contributed by atoms with van der Waals surface area (Å²) in [5.74, 6) is 0. The molecule has 1 aromatic carbocycles. The molecule has 0 spiro atoms. The van der Waals surface area contributed by atoms with E-state index in [1.54, 1.807) is 0 Å². The molecule has 0 aliphatic rings. The number of hydrogen-bond acceptors (Lipinski definition) is 0. The van der Waals surface area contributed by atoms with Gasteiger partial charge in [0.15, 0.2) is 0 Å². The maximum absolute atomic E-state index is 3.24. The quantitative estimate of drug-likeness (QED) is 0.627. The van der Waals surface area contributed by atoms with Crippen LogP contribution in [0.2, 0.25) is 0 Å². The van der Waals surface area contributed by atoms with Crippen molar-refractivity contribution in [2.24, 2.45) is 0 Å². The van der Waals surface area contributed by atoms with E-state index >= 15 is 0 Å². The van der Waals surface area contributed by atoms with Gasteiger partial charge in [0.2, 0.25) is 0 Å². The molecule has 11 heavy (non-hydrogen) atoms. The molecule has 0 fully saturated rings. The van der Waals surface area contributed by atoms with Crippen molar-refractivity contribution in [2.45, 2.75) is 0 Å². The van der Waals surface area contributed by atoms with Crippen LogP contribution in [0.5, 0.6) is 0 Å². The van der Waals surface area contributed by atoms with Crippen LogP contribution in [0.3, 0.4) is 0 Å². The van der Waals surface area contributed by atoms with Gasteiger partial charge in [-0.2, -0.15) is 0 Å². The van der Waals surface area contributed by atoms with E-state index in [2.05, 4.69) is 35.3 Å². The first-order chi connectivity index (χ1) is 5.47. The molecule has 0 N–H and O–H groups in total. The van der Waals surface area contributed by atoms with Crippen molar-refractivity contribution >= 4 is 14.5 Å². The Morgan fingerprint density at radius 3 is 2.55 bits per heavy atom. The molecule has 0 aliphatic carbocycles. The Balaban J connectivity index is 2.46. The Kier molecular flexibility index (Phi) is 1.93. The summed E-state index contributed by atoms with van der Waals surface area (Å²) in [6, 6.07) is 15.7. The van der Waals surface area contributed by atoms with Crippen molar-refractivity contribution in [3.8, 4) is 10.0 Å². The second-order valence-electron chi connectivity index (χ2n) is 2.26. The van der Waals surface area contributed by atoms with Gasteiger partial charge >= 0.3 is 71.9 Å². The fourth-order valence-corrected chi connectivity index (χ4v) is 2.41. The van der Waals surface area contributed by atoms with Crippen LogP contribution in [0.4, 0.5) is 0 Å². The molecule has 0 bridgehead atoms. The normalized spacial score (nSPS) is 9.82. The molecule has 2 aromatic rings. The minimum atomic E-state index is 0.515. The molecular formula is C10H7Se. The van der Waals surface area contributed by atoms with E-state index in [4.69, 9.17) is 0 Å². The number of hydrogen-bond donors (Lipinski definition) is 0. The van der Waals surface area contributed by atoms with Gasteiger partial charge in [0.1, 0.15) is 0 Å². The van der Waals surface area contributed by atoms with E-state index in [0.717, 1.165) is 0 Å². The second-order valence-corrected chi connectivity index (χ2v) is 4.18. The van der Waals surface area contributed by atoms with Gasteiger partial charge in [0.05, 0.1) is 0 Å². The summed E-state index contributed by atoms with van der Waals surface area (Å²) in [5, 5.41) is 0. The van der Waals surface area contributed by atoms with E-state index in [-0.39, 0.29) is 0 Å². The third kappa shape index (κ3) is 1.45. The zero-order valence-corrected chi connectivity index (χ0v) is 7.66. The van der Waals surface area contributed by atoms with Crippen molar-refractivity contribution in [1.29, 1.82) is 0 Å². The van der Waals surface area contributed by atoms with Crippen LogP contribution in [0.1, 0.15) is 0 Å². The summed E-state index contributed by atoms with van der Waals surface area (Å²) in [6.07, 6.45) is 0. The molecule has 1 heterocycles. The molecule has 53 valence electrons.